The highest BCUT2D eigenvalue weighted by Crippen LogP contribution is 2.32. The van der Waals surface area contributed by atoms with Crippen molar-refractivity contribution < 1.29 is 13.9 Å². The molecule has 0 spiro atoms. The van der Waals surface area contributed by atoms with E-state index in [-0.39, 0.29) is 5.43 Å². The first-order chi connectivity index (χ1) is 10.7. The third kappa shape index (κ3) is 2.78. The van der Waals surface area contributed by atoms with Gasteiger partial charge in [0, 0.05) is 24.4 Å². The molecule has 0 saturated carbocycles. The van der Waals surface area contributed by atoms with Crippen molar-refractivity contribution in [1.82, 2.24) is 4.98 Å². The van der Waals surface area contributed by atoms with Gasteiger partial charge in [-0.15, -0.1) is 0 Å². The van der Waals surface area contributed by atoms with Gasteiger partial charge in [0.05, 0.1) is 14.2 Å². The fourth-order valence-electron chi connectivity index (χ4n) is 2.05. The highest BCUT2D eigenvalue weighted by atomic mass is 32.2. The largest absolute Gasteiger partial charge is 0.496 e. The van der Waals surface area contributed by atoms with E-state index in [4.69, 9.17) is 13.9 Å². The summed E-state index contributed by atoms with van der Waals surface area (Å²) in [6.45, 7) is 0. The molecule has 0 amide bonds. The Bertz CT molecular complexity index is 861. The summed E-state index contributed by atoms with van der Waals surface area (Å²) < 4.78 is 16.2. The topological polar surface area (TPSA) is 61.6 Å². The minimum Gasteiger partial charge on any atom is -0.496 e. The first-order valence-corrected chi connectivity index (χ1v) is 7.31. The fourth-order valence-corrected chi connectivity index (χ4v) is 2.81. The zero-order chi connectivity index (χ0) is 15.5. The van der Waals surface area contributed by atoms with Gasteiger partial charge in [-0.3, -0.25) is 4.79 Å². The van der Waals surface area contributed by atoms with Gasteiger partial charge in [-0.2, -0.15) is 0 Å². The maximum Gasteiger partial charge on any atom is 0.197 e. The molecule has 0 radical (unpaired) electrons. The quantitative estimate of drug-likeness (QED) is 0.736. The second kappa shape index (κ2) is 6.11. The molecule has 5 nitrogen and oxygen atoms in total. The molecule has 0 aliphatic carbocycles. The van der Waals surface area contributed by atoms with Gasteiger partial charge in [-0.25, -0.2) is 4.98 Å². The average molecular weight is 315 g/mol. The molecule has 1 aromatic carbocycles. The molecule has 6 heteroatoms. The van der Waals surface area contributed by atoms with Gasteiger partial charge in [0.1, 0.15) is 27.5 Å². The van der Waals surface area contributed by atoms with Crippen LogP contribution in [0.3, 0.4) is 0 Å². The lowest BCUT2D eigenvalue weighted by Gasteiger charge is -2.08. The van der Waals surface area contributed by atoms with Crippen LogP contribution in [0.2, 0.25) is 0 Å². The molecule has 2 aromatic heterocycles. The molecular weight excluding hydrogens is 302 g/mol. The Morgan fingerprint density at radius 2 is 2.00 bits per heavy atom. The standard InChI is InChI=1S/C16H13NO4S/c1-19-10-7-12(20-2)16-11(18)9-15(21-13(16)8-10)22-14-5-3-4-6-17-14/h3-9H,1-2H3. The number of rotatable bonds is 4. The van der Waals surface area contributed by atoms with E-state index in [1.807, 2.05) is 18.2 Å². The van der Waals surface area contributed by atoms with Gasteiger partial charge in [0.15, 0.2) is 10.5 Å². The molecule has 0 aliphatic heterocycles. The molecule has 3 rings (SSSR count). The van der Waals surface area contributed by atoms with Crippen molar-refractivity contribution in [2.75, 3.05) is 14.2 Å². The first kappa shape index (κ1) is 14.5. The molecule has 0 bridgehead atoms. The van der Waals surface area contributed by atoms with Gasteiger partial charge in [-0.1, -0.05) is 6.07 Å². The number of methoxy groups -OCH3 is 2. The number of hydrogen-bond acceptors (Lipinski definition) is 6. The smallest absolute Gasteiger partial charge is 0.197 e. The summed E-state index contributed by atoms with van der Waals surface area (Å²) in [4.78, 5) is 16.6. The molecule has 112 valence electrons. The molecule has 2 heterocycles. The molecule has 0 aliphatic rings. The number of fused-ring (bicyclic) bond motifs is 1. The van der Waals surface area contributed by atoms with Gasteiger partial charge < -0.3 is 13.9 Å². The Balaban J connectivity index is 2.13. The number of nitrogens with zero attached hydrogens (tertiary/aromatic N) is 1. The molecular formula is C16H13NO4S. The van der Waals surface area contributed by atoms with E-state index in [2.05, 4.69) is 4.98 Å². The second-order valence-corrected chi connectivity index (χ2v) is 5.43. The molecule has 0 N–H and O–H groups in total. The monoisotopic (exact) mass is 315 g/mol. The summed E-state index contributed by atoms with van der Waals surface area (Å²) in [5, 5.41) is 1.61. The summed E-state index contributed by atoms with van der Waals surface area (Å²) in [6, 6.07) is 10.3. The maximum atomic E-state index is 12.4. The first-order valence-electron chi connectivity index (χ1n) is 6.50. The fraction of sp³-hybridized carbons (Fsp3) is 0.125. The number of benzene rings is 1. The van der Waals surface area contributed by atoms with Crippen molar-refractivity contribution in [1.29, 1.82) is 0 Å². The number of ether oxygens (including phenoxy) is 2. The van der Waals surface area contributed by atoms with Crippen LogP contribution < -0.4 is 14.9 Å². The molecule has 0 saturated heterocycles. The van der Waals surface area contributed by atoms with Crippen molar-refractivity contribution in [3.05, 3.63) is 52.8 Å². The summed E-state index contributed by atoms with van der Waals surface area (Å²) in [5.74, 6) is 0.991. The van der Waals surface area contributed by atoms with Crippen LogP contribution in [-0.2, 0) is 0 Å². The second-order valence-electron chi connectivity index (χ2n) is 4.40. The minimum absolute atomic E-state index is 0.167. The van der Waals surface area contributed by atoms with E-state index >= 15 is 0 Å². The number of aromatic nitrogens is 1. The van der Waals surface area contributed by atoms with Crippen molar-refractivity contribution >= 4 is 22.7 Å². The lowest BCUT2D eigenvalue weighted by Crippen LogP contribution is -2.03. The van der Waals surface area contributed by atoms with E-state index in [0.29, 0.717) is 27.6 Å². The summed E-state index contributed by atoms with van der Waals surface area (Å²) in [5.41, 5.74) is 0.251. The van der Waals surface area contributed by atoms with E-state index in [1.165, 1.54) is 24.9 Å². The molecule has 0 atom stereocenters. The Morgan fingerprint density at radius 1 is 1.14 bits per heavy atom. The SMILES string of the molecule is COc1cc(OC)c2c(=O)cc(Sc3ccccn3)oc2c1. The van der Waals surface area contributed by atoms with Crippen LogP contribution >= 0.6 is 11.8 Å². The summed E-state index contributed by atoms with van der Waals surface area (Å²) in [7, 11) is 3.05. The van der Waals surface area contributed by atoms with Gasteiger partial charge in [-0.05, 0) is 23.9 Å². The van der Waals surface area contributed by atoms with Gasteiger partial charge in [0.25, 0.3) is 0 Å². The van der Waals surface area contributed by atoms with E-state index in [1.54, 1.807) is 25.4 Å². The third-order valence-corrected chi connectivity index (χ3v) is 3.90. The maximum absolute atomic E-state index is 12.4. The molecule has 0 fully saturated rings. The van der Waals surface area contributed by atoms with E-state index < -0.39 is 0 Å². The third-order valence-electron chi connectivity index (χ3n) is 3.04. The normalized spacial score (nSPS) is 10.6. The predicted octanol–water partition coefficient (Wildman–Crippen LogP) is 3.36. The van der Waals surface area contributed by atoms with Crippen LogP contribution in [0.5, 0.6) is 11.5 Å². The van der Waals surface area contributed by atoms with Crippen LogP contribution in [0.25, 0.3) is 11.0 Å². The molecule has 3 aromatic rings. The predicted molar refractivity (Wildman–Crippen MR) is 83.9 cm³/mol. The van der Waals surface area contributed by atoms with Crippen LogP contribution in [0.15, 0.2) is 61.9 Å². The Kier molecular flexibility index (Phi) is 4.02. The zero-order valence-electron chi connectivity index (χ0n) is 12.0. The van der Waals surface area contributed by atoms with Crippen LogP contribution in [0.1, 0.15) is 0 Å². The van der Waals surface area contributed by atoms with E-state index in [0.717, 1.165) is 5.03 Å². The van der Waals surface area contributed by atoms with Crippen molar-refractivity contribution in [2.24, 2.45) is 0 Å². The Hall–Kier alpha value is -2.47. The zero-order valence-corrected chi connectivity index (χ0v) is 12.8. The average Bonchev–Trinajstić information content (AvgIpc) is 2.54. The molecule has 22 heavy (non-hydrogen) atoms. The Labute approximate surface area is 130 Å². The lowest BCUT2D eigenvalue weighted by atomic mass is 10.2. The highest BCUT2D eigenvalue weighted by Gasteiger charge is 2.13. The van der Waals surface area contributed by atoms with Crippen molar-refractivity contribution in [2.45, 2.75) is 10.1 Å². The minimum atomic E-state index is -0.167. The number of hydrogen-bond donors (Lipinski definition) is 0. The van der Waals surface area contributed by atoms with Crippen molar-refractivity contribution in [3.63, 3.8) is 0 Å². The van der Waals surface area contributed by atoms with Gasteiger partial charge in [0.2, 0.25) is 0 Å². The molecule has 0 unspecified atom stereocenters. The summed E-state index contributed by atoms with van der Waals surface area (Å²) >= 11 is 1.28. The van der Waals surface area contributed by atoms with Crippen LogP contribution in [-0.4, -0.2) is 19.2 Å². The van der Waals surface area contributed by atoms with Crippen LogP contribution in [0.4, 0.5) is 0 Å². The number of pyridine rings is 1. The van der Waals surface area contributed by atoms with Crippen LogP contribution in [0, 0.1) is 0 Å². The summed E-state index contributed by atoms with van der Waals surface area (Å²) in [6.07, 6.45) is 1.69. The Morgan fingerprint density at radius 3 is 2.68 bits per heavy atom. The van der Waals surface area contributed by atoms with E-state index in [9.17, 15) is 4.79 Å². The lowest BCUT2D eigenvalue weighted by molar-refractivity contribution is 0.394. The van der Waals surface area contributed by atoms with Crippen molar-refractivity contribution in [3.8, 4) is 11.5 Å². The van der Waals surface area contributed by atoms with Gasteiger partial charge >= 0.3 is 0 Å². The highest BCUT2D eigenvalue weighted by molar-refractivity contribution is 7.99.